The van der Waals surface area contributed by atoms with Crippen molar-refractivity contribution in [1.82, 2.24) is 4.98 Å². The maximum absolute atomic E-state index is 12.7. The van der Waals surface area contributed by atoms with Crippen LogP contribution in [0.2, 0.25) is 0 Å². The lowest BCUT2D eigenvalue weighted by Crippen LogP contribution is -2.08. The summed E-state index contributed by atoms with van der Waals surface area (Å²) in [6.07, 6.45) is 0. The van der Waals surface area contributed by atoms with Crippen LogP contribution in [0.3, 0.4) is 0 Å². The Morgan fingerprint density at radius 2 is 1.59 bits per heavy atom. The summed E-state index contributed by atoms with van der Waals surface area (Å²) in [6.45, 7) is 0. The Labute approximate surface area is 102 Å². The first-order valence-corrected chi connectivity index (χ1v) is 7.01. The molecule has 1 heterocycles. The monoisotopic (exact) mass is 333 g/mol. The third-order valence-electron chi connectivity index (χ3n) is 2.06. The van der Waals surface area contributed by atoms with E-state index in [9.17, 15) is 19.4 Å². The highest BCUT2D eigenvalue weighted by Crippen LogP contribution is 3.02. The molecule has 0 aliphatic rings. The predicted octanol–water partition coefficient (Wildman–Crippen LogP) is 5.65. The van der Waals surface area contributed by atoms with Gasteiger partial charge in [-0.1, -0.05) is 37.6 Å². The van der Waals surface area contributed by atoms with Gasteiger partial charge in [0.2, 0.25) is 0 Å². The predicted molar refractivity (Wildman–Crippen MR) is 60.8 cm³/mol. The highest BCUT2D eigenvalue weighted by molar-refractivity contribution is 9.10. The lowest BCUT2D eigenvalue weighted by molar-refractivity contribution is 0.362. The third kappa shape index (κ3) is 2.52. The molecule has 1 aromatic carbocycles. The average molecular weight is 334 g/mol. The maximum atomic E-state index is 12.7. The molecule has 17 heavy (non-hydrogen) atoms. The molecule has 0 saturated heterocycles. The number of fused-ring (bicyclic) bond motifs is 1. The molecular formula is C9H5BrF5NS. The second kappa shape index (κ2) is 2.92. The topological polar surface area (TPSA) is 12.9 Å². The molecule has 1 nitrogen and oxygen atoms in total. The van der Waals surface area contributed by atoms with E-state index in [0.29, 0.717) is 6.07 Å². The van der Waals surface area contributed by atoms with Gasteiger partial charge in [0.1, 0.15) is 9.50 Å². The summed E-state index contributed by atoms with van der Waals surface area (Å²) >= 11 is 2.44. The van der Waals surface area contributed by atoms with Gasteiger partial charge in [0.15, 0.2) is 0 Å². The minimum Gasteiger partial charge on any atom is -0.239 e. The molecule has 0 bridgehead atoms. The van der Waals surface area contributed by atoms with Gasteiger partial charge in [-0.25, -0.2) is 4.98 Å². The van der Waals surface area contributed by atoms with Crippen molar-refractivity contribution >= 4 is 37.1 Å². The molecule has 0 amide bonds. The number of aromatic nitrogens is 1. The summed E-state index contributed by atoms with van der Waals surface area (Å²) in [5.41, 5.74) is 0.213. The summed E-state index contributed by atoms with van der Waals surface area (Å²) in [5, 5.41) is 0.0129. The van der Waals surface area contributed by atoms with Crippen LogP contribution in [0.4, 0.5) is 19.4 Å². The molecule has 0 spiro atoms. The molecule has 0 saturated carbocycles. The number of pyridine rings is 1. The number of halogens is 6. The Morgan fingerprint density at radius 1 is 1.00 bits per heavy atom. The molecule has 0 atom stereocenters. The van der Waals surface area contributed by atoms with Gasteiger partial charge in [0.25, 0.3) is 0 Å². The van der Waals surface area contributed by atoms with Crippen LogP contribution in [0.15, 0.2) is 39.8 Å². The average Bonchev–Trinajstić information content (AvgIpc) is 2.12. The fourth-order valence-electron chi connectivity index (χ4n) is 1.34. The molecule has 1 aromatic heterocycles. The molecule has 2 aromatic rings. The molecule has 0 N–H and O–H groups in total. The van der Waals surface area contributed by atoms with Crippen LogP contribution in [-0.2, 0) is 0 Å². The molecule has 94 valence electrons. The van der Waals surface area contributed by atoms with E-state index in [2.05, 4.69) is 20.9 Å². The van der Waals surface area contributed by atoms with Gasteiger partial charge in [0, 0.05) is 5.39 Å². The Morgan fingerprint density at radius 3 is 2.18 bits per heavy atom. The standard InChI is InChI=1S/C9H5BrF5NS/c10-9-8(17(11,12,13,14)15)5-6-3-1-2-4-7(6)16-9/h1-5H. The molecule has 0 aliphatic carbocycles. The Bertz CT molecular complexity index is 609. The SMILES string of the molecule is FS(F)(F)(F)(F)c1cc2ccccc2nc1Br. The Kier molecular flexibility index (Phi) is 2.16. The van der Waals surface area contributed by atoms with Gasteiger partial charge in [-0.3, -0.25) is 0 Å². The third-order valence-corrected chi connectivity index (χ3v) is 4.07. The zero-order chi connectivity index (χ0) is 13.0. The van der Waals surface area contributed by atoms with Crippen molar-refractivity contribution in [2.45, 2.75) is 4.90 Å². The van der Waals surface area contributed by atoms with Crippen molar-refractivity contribution in [1.29, 1.82) is 0 Å². The second-order valence-electron chi connectivity index (χ2n) is 3.44. The van der Waals surface area contributed by atoms with Gasteiger partial charge in [-0.05, 0) is 28.1 Å². The van der Waals surface area contributed by atoms with Gasteiger partial charge in [-0.15, -0.1) is 0 Å². The van der Waals surface area contributed by atoms with E-state index in [1.54, 1.807) is 6.07 Å². The molecule has 8 heteroatoms. The zero-order valence-electron chi connectivity index (χ0n) is 8.01. The number of nitrogens with zero attached hydrogens (tertiary/aromatic N) is 1. The normalized spacial score (nSPS) is 16.6. The van der Waals surface area contributed by atoms with E-state index in [1.807, 2.05) is 0 Å². The fraction of sp³-hybridized carbons (Fsp3) is 0. The number of hydrogen-bond acceptors (Lipinski definition) is 1. The van der Waals surface area contributed by atoms with Gasteiger partial charge in [-0.2, -0.15) is 0 Å². The van der Waals surface area contributed by atoms with E-state index >= 15 is 0 Å². The van der Waals surface area contributed by atoms with Gasteiger partial charge in [0.05, 0.1) is 5.52 Å². The molecule has 0 fully saturated rings. The van der Waals surface area contributed by atoms with Crippen molar-refractivity contribution in [3.8, 4) is 0 Å². The maximum Gasteiger partial charge on any atom is 0.312 e. The van der Waals surface area contributed by atoms with Crippen molar-refractivity contribution in [3.05, 3.63) is 34.9 Å². The minimum absolute atomic E-state index is 0.0129. The second-order valence-corrected chi connectivity index (χ2v) is 6.57. The minimum atomic E-state index is -9.71. The summed E-state index contributed by atoms with van der Waals surface area (Å²) in [4.78, 5) is 1.48. The molecule has 0 aliphatic heterocycles. The first-order chi connectivity index (χ1) is 7.47. The van der Waals surface area contributed by atoms with E-state index in [-0.39, 0.29) is 10.9 Å². The van der Waals surface area contributed by atoms with Crippen LogP contribution in [-0.4, -0.2) is 4.98 Å². The first kappa shape index (κ1) is 12.6. The number of rotatable bonds is 1. The number of para-hydroxylation sites is 1. The summed E-state index contributed by atoms with van der Waals surface area (Å²) < 4.78 is 62.4. The van der Waals surface area contributed by atoms with Gasteiger partial charge < -0.3 is 0 Å². The van der Waals surface area contributed by atoms with Gasteiger partial charge >= 0.3 is 10.2 Å². The van der Waals surface area contributed by atoms with Crippen LogP contribution >= 0.6 is 26.2 Å². The highest BCUT2D eigenvalue weighted by Gasteiger charge is 2.67. The van der Waals surface area contributed by atoms with E-state index in [0.717, 1.165) is 0 Å². The molecule has 2 rings (SSSR count). The summed E-state index contributed by atoms with van der Waals surface area (Å²) in [6, 6.07) is 6.15. The van der Waals surface area contributed by atoms with Crippen LogP contribution < -0.4 is 0 Å². The largest absolute Gasteiger partial charge is 0.312 e. The first-order valence-electron chi connectivity index (χ1n) is 4.27. The molecule has 0 radical (unpaired) electrons. The lowest BCUT2D eigenvalue weighted by Gasteiger charge is -2.40. The van der Waals surface area contributed by atoms with Crippen molar-refractivity contribution in [2.24, 2.45) is 0 Å². The van der Waals surface area contributed by atoms with Crippen molar-refractivity contribution in [2.75, 3.05) is 0 Å². The smallest absolute Gasteiger partial charge is 0.239 e. The molecule has 0 unspecified atom stereocenters. The zero-order valence-corrected chi connectivity index (χ0v) is 10.4. The Hall–Kier alpha value is -0.890. The number of benzene rings is 1. The van der Waals surface area contributed by atoms with Crippen LogP contribution in [0, 0.1) is 0 Å². The lowest BCUT2D eigenvalue weighted by atomic mass is 10.2. The van der Waals surface area contributed by atoms with Crippen molar-refractivity contribution < 1.29 is 19.4 Å². The molecular weight excluding hydrogens is 329 g/mol. The van der Waals surface area contributed by atoms with E-state index < -0.39 is 19.7 Å². The quantitative estimate of drug-likeness (QED) is 0.485. The fourth-order valence-corrected chi connectivity index (χ4v) is 3.28. The van der Waals surface area contributed by atoms with E-state index in [1.165, 1.54) is 18.2 Å². The van der Waals surface area contributed by atoms with Crippen molar-refractivity contribution in [3.63, 3.8) is 0 Å². The van der Waals surface area contributed by atoms with Crippen LogP contribution in [0.5, 0.6) is 0 Å². The number of hydrogen-bond donors (Lipinski definition) is 0. The van der Waals surface area contributed by atoms with Crippen LogP contribution in [0.25, 0.3) is 10.9 Å². The van der Waals surface area contributed by atoms with Crippen LogP contribution in [0.1, 0.15) is 0 Å². The summed E-state index contributed by atoms with van der Waals surface area (Å²) in [5.74, 6) is 0. The summed E-state index contributed by atoms with van der Waals surface area (Å²) in [7, 11) is -9.71. The van der Waals surface area contributed by atoms with E-state index in [4.69, 9.17) is 0 Å². The Balaban J connectivity index is 2.86. The highest BCUT2D eigenvalue weighted by atomic mass is 79.9.